The van der Waals surface area contributed by atoms with Crippen LogP contribution in [0.15, 0.2) is 78.9 Å². The van der Waals surface area contributed by atoms with Crippen LogP contribution in [0.4, 0.5) is 0 Å². The van der Waals surface area contributed by atoms with Gasteiger partial charge in [-0.05, 0) is 47.4 Å². The first-order valence-electron chi connectivity index (χ1n) is 11.3. The van der Waals surface area contributed by atoms with Crippen LogP contribution in [-0.4, -0.2) is 41.3 Å². The summed E-state index contributed by atoms with van der Waals surface area (Å²) in [5, 5.41) is 3.73. The highest BCUT2D eigenvalue weighted by molar-refractivity contribution is 8.00. The van der Waals surface area contributed by atoms with E-state index in [1.165, 1.54) is 11.1 Å². The van der Waals surface area contributed by atoms with E-state index in [2.05, 4.69) is 17.4 Å². The van der Waals surface area contributed by atoms with Crippen LogP contribution >= 0.6 is 35.1 Å². The number of carbonyl (C=O) groups excluding carboxylic acids is 2. The van der Waals surface area contributed by atoms with Crippen LogP contribution < -0.4 is 5.32 Å². The molecule has 0 saturated carbocycles. The summed E-state index contributed by atoms with van der Waals surface area (Å²) >= 11 is 9.33. The highest BCUT2D eigenvalue weighted by Gasteiger charge is 2.32. The molecule has 34 heavy (non-hydrogen) atoms. The van der Waals surface area contributed by atoms with E-state index in [1.807, 2.05) is 71.6 Å². The van der Waals surface area contributed by atoms with Gasteiger partial charge >= 0.3 is 0 Å². The standard InChI is InChI=1S/C27H27ClN2O2S2/c28-24-12-6-21(7-13-24)18-33-17-15-29-26(32)22-8-10-23(11-9-22)27-30(25(31)19-34-27)16-14-20-4-2-1-3-5-20/h1-13,27H,14-19H2,(H,29,32)/t27-/m0/s1. The average Bonchev–Trinajstić information content (AvgIpc) is 3.24. The topological polar surface area (TPSA) is 49.4 Å². The molecule has 176 valence electrons. The molecule has 1 atom stereocenters. The van der Waals surface area contributed by atoms with E-state index < -0.39 is 0 Å². The Hall–Kier alpha value is -2.41. The van der Waals surface area contributed by atoms with E-state index in [4.69, 9.17) is 11.6 Å². The molecule has 4 nitrogen and oxygen atoms in total. The Kier molecular flexibility index (Phi) is 8.97. The smallest absolute Gasteiger partial charge is 0.251 e. The van der Waals surface area contributed by atoms with E-state index >= 15 is 0 Å². The molecular formula is C27H27ClN2O2S2. The molecule has 2 amide bonds. The minimum absolute atomic E-state index is 0.00223. The third kappa shape index (κ3) is 6.81. The molecule has 4 rings (SSSR count). The Morgan fingerprint density at radius 3 is 2.47 bits per heavy atom. The van der Waals surface area contributed by atoms with Gasteiger partial charge in [0.2, 0.25) is 5.91 Å². The maximum absolute atomic E-state index is 12.5. The molecule has 1 heterocycles. The van der Waals surface area contributed by atoms with Crippen molar-refractivity contribution in [3.8, 4) is 0 Å². The van der Waals surface area contributed by atoms with Crippen molar-refractivity contribution < 1.29 is 9.59 Å². The number of carbonyl (C=O) groups is 2. The van der Waals surface area contributed by atoms with Gasteiger partial charge in [-0.3, -0.25) is 9.59 Å². The van der Waals surface area contributed by atoms with E-state index in [0.717, 1.165) is 28.5 Å². The summed E-state index contributed by atoms with van der Waals surface area (Å²) < 4.78 is 0. The van der Waals surface area contributed by atoms with Gasteiger partial charge in [-0.2, -0.15) is 11.8 Å². The normalized spacial score (nSPS) is 15.5. The predicted molar refractivity (Wildman–Crippen MR) is 143 cm³/mol. The Balaban J connectivity index is 1.24. The van der Waals surface area contributed by atoms with Crippen molar-refractivity contribution in [2.24, 2.45) is 0 Å². The van der Waals surface area contributed by atoms with Crippen molar-refractivity contribution in [3.05, 3.63) is 106 Å². The zero-order chi connectivity index (χ0) is 23.8. The van der Waals surface area contributed by atoms with Crippen LogP contribution in [0.3, 0.4) is 0 Å². The van der Waals surface area contributed by atoms with Crippen LogP contribution in [0, 0.1) is 0 Å². The summed E-state index contributed by atoms with van der Waals surface area (Å²) in [6.45, 7) is 1.30. The van der Waals surface area contributed by atoms with Crippen molar-refractivity contribution in [2.75, 3.05) is 24.6 Å². The second kappa shape index (κ2) is 12.3. The number of amides is 2. The summed E-state index contributed by atoms with van der Waals surface area (Å²) in [7, 11) is 0. The molecule has 3 aromatic carbocycles. The second-order valence-electron chi connectivity index (χ2n) is 8.04. The number of benzene rings is 3. The maximum Gasteiger partial charge on any atom is 0.251 e. The molecule has 1 aliphatic heterocycles. The van der Waals surface area contributed by atoms with E-state index in [0.29, 0.717) is 24.4 Å². The summed E-state index contributed by atoms with van der Waals surface area (Å²) in [6.07, 6.45) is 0.833. The highest BCUT2D eigenvalue weighted by Crippen LogP contribution is 2.38. The fourth-order valence-corrected chi connectivity index (χ4v) is 5.94. The number of rotatable bonds is 10. The second-order valence-corrected chi connectivity index (χ2v) is 10.7. The van der Waals surface area contributed by atoms with Gasteiger partial charge in [-0.1, -0.05) is 66.2 Å². The van der Waals surface area contributed by atoms with Crippen molar-refractivity contribution in [1.29, 1.82) is 0 Å². The Morgan fingerprint density at radius 2 is 1.74 bits per heavy atom. The monoisotopic (exact) mass is 510 g/mol. The van der Waals surface area contributed by atoms with Gasteiger partial charge in [-0.15, -0.1) is 11.8 Å². The minimum Gasteiger partial charge on any atom is -0.351 e. The molecule has 0 unspecified atom stereocenters. The van der Waals surface area contributed by atoms with Crippen LogP contribution in [0.2, 0.25) is 5.02 Å². The molecule has 1 aliphatic rings. The molecule has 0 spiro atoms. The van der Waals surface area contributed by atoms with Crippen molar-refractivity contribution in [1.82, 2.24) is 10.2 Å². The summed E-state index contributed by atoms with van der Waals surface area (Å²) in [5.74, 6) is 2.32. The number of halogens is 1. The zero-order valence-electron chi connectivity index (χ0n) is 18.8. The van der Waals surface area contributed by atoms with Crippen LogP contribution in [0.25, 0.3) is 0 Å². The number of hydrogen-bond donors (Lipinski definition) is 1. The van der Waals surface area contributed by atoms with Gasteiger partial charge in [0.05, 0.1) is 5.75 Å². The van der Waals surface area contributed by atoms with E-state index in [-0.39, 0.29) is 17.2 Å². The molecular weight excluding hydrogens is 484 g/mol. The number of thioether (sulfide) groups is 2. The summed E-state index contributed by atoms with van der Waals surface area (Å²) in [4.78, 5) is 26.9. The first kappa shape index (κ1) is 24.7. The Morgan fingerprint density at radius 1 is 1.00 bits per heavy atom. The summed E-state index contributed by atoms with van der Waals surface area (Å²) in [6, 6.07) is 25.7. The first-order valence-corrected chi connectivity index (χ1v) is 13.8. The average molecular weight is 511 g/mol. The van der Waals surface area contributed by atoms with Crippen molar-refractivity contribution >= 4 is 46.9 Å². The minimum atomic E-state index is -0.0743. The van der Waals surface area contributed by atoms with Gasteiger partial charge in [-0.25, -0.2) is 0 Å². The maximum atomic E-state index is 12.5. The van der Waals surface area contributed by atoms with Crippen molar-refractivity contribution in [2.45, 2.75) is 17.5 Å². The van der Waals surface area contributed by atoms with Gasteiger partial charge in [0.25, 0.3) is 5.91 Å². The lowest BCUT2D eigenvalue weighted by atomic mass is 10.1. The van der Waals surface area contributed by atoms with Crippen molar-refractivity contribution in [3.63, 3.8) is 0 Å². The zero-order valence-corrected chi connectivity index (χ0v) is 21.2. The molecule has 1 N–H and O–H groups in total. The third-order valence-corrected chi connectivity index (χ3v) is 8.16. The van der Waals surface area contributed by atoms with Gasteiger partial charge < -0.3 is 10.2 Å². The molecule has 3 aromatic rings. The van der Waals surface area contributed by atoms with E-state index in [9.17, 15) is 9.59 Å². The molecule has 0 radical (unpaired) electrons. The Bertz CT molecular complexity index is 1090. The van der Waals surface area contributed by atoms with Gasteiger partial charge in [0.1, 0.15) is 5.37 Å². The first-order chi connectivity index (χ1) is 16.6. The molecule has 0 aromatic heterocycles. The van der Waals surface area contributed by atoms with E-state index in [1.54, 1.807) is 23.5 Å². The number of nitrogens with one attached hydrogen (secondary N) is 1. The number of nitrogens with zero attached hydrogens (tertiary/aromatic N) is 1. The highest BCUT2D eigenvalue weighted by atomic mass is 35.5. The predicted octanol–water partition coefficient (Wildman–Crippen LogP) is 5.82. The number of hydrogen-bond acceptors (Lipinski definition) is 4. The lowest BCUT2D eigenvalue weighted by Crippen LogP contribution is -2.30. The fraction of sp³-hybridized carbons (Fsp3) is 0.259. The molecule has 7 heteroatoms. The Labute approximate surface area is 214 Å². The molecule has 0 aliphatic carbocycles. The SMILES string of the molecule is O=C(NCCSCc1ccc(Cl)cc1)c1ccc([C@@H]2SCC(=O)N2CCc2ccccc2)cc1. The molecule has 1 saturated heterocycles. The largest absolute Gasteiger partial charge is 0.351 e. The molecule has 0 bridgehead atoms. The van der Waals surface area contributed by atoms with Crippen LogP contribution in [-0.2, 0) is 17.0 Å². The lowest BCUT2D eigenvalue weighted by Gasteiger charge is -2.24. The third-order valence-electron chi connectivity index (χ3n) is 5.62. The van der Waals surface area contributed by atoms with Gasteiger partial charge in [0, 0.05) is 35.2 Å². The molecule has 1 fully saturated rings. The van der Waals surface area contributed by atoms with Gasteiger partial charge in [0.15, 0.2) is 0 Å². The summed E-state index contributed by atoms with van der Waals surface area (Å²) in [5.41, 5.74) is 4.14. The lowest BCUT2D eigenvalue weighted by molar-refractivity contribution is -0.128. The van der Waals surface area contributed by atoms with Crippen LogP contribution in [0.5, 0.6) is 0 Å². The quantitative estimate of drug-likeness (QED) is 0.349. The fourth-order valence-electron chi connectivity index (χ4n) is 3.77. The van der Waals surface area contributed by atoms with Crippen LogP contribution in [0.1, 0.15) is 32.4 Å².